The number of nitrogens with one attached hydrogen (secondary N) is 1. The molecule has 206 valence electrons. The van der Waals surface area contributed by atoms with Crippen LogP contribution in [0.15, 0.2) is 36.4 Å². The molecule has 0 unspecified atom stereocenters. The van der Waals surface area contributed by atoms with Crippen LogP contribution in [0.25, 0.3) is 22.3 Å². The van der Waals surface area contributed by atoms with E-state index >= 15 is 0 Å². The van der Waals surface area contributed by atoms with Crippen molar-refractivity contribution in [3.63, 3.8) is 0 Å². The van der Waals surface area contributed by atoms with Gasteiger partial charge < -0.3 is 5.11 Å². The van der Waals surface area contributed by atoms with Crippen LogP contribution in [0.2, 0.25) is 0 Å². The second-order valence-corrected chi connectivity index (χ2v) is 24.3. The molecule has 3 aromatic rings. The number of aromatic nitrogens is 2. The Balaban J connectivity index is 1.21. The number of aliphatic hydroxyl groups is 1. The molecule has 2 N–H and O–H groups in total. The van der Waals surface area contributed by atoms with Crippen LogP contribution >= 0.6 is 19.8 Å². The molecule has 3 aliphatic heterocycles. The second-order valence-electron chi connectivity index (χ2n) is 10.5. The van der Waals surface area contributed by atoms with E-state index in [2.05, 4.69) is 40.2 Å². The molecular formula is C28H35I2N4O4-. The number of rotatable bonds is 6. The molecule has 3 saturated heterocycles. The van der Waals surface area contributed by atoms with Gasteiger partial charge >= 0.3 is 224 Å². The number of carbonyl (C=O) groups excluding carboxylic acids is 1. The van der Waals surface area contributed by atoms with E-state index < -0.39 is 25.4 Å². The zero-order valence-electron chi connectivity index (χ0n) is 21.9. The Morgan fingerprint density at radius 1 is 1.13 bits per heavy atom. The van der Waals surface area contributed by atoms with Crippen molar-refractivity contribution in [2.24, 2.45) is 0 Å². The van der Waals surface area contributed by atoms with Crippen molar-refractivity contribution in [2.45, 2.75) is 38.4 Å². The minimum atomic E-state index is -1.33. The van der Waals surface area contributed by atoms with Crippen LogP contribution in [-0.4, -0.2) is 81.8 Å². The summed E-state index contributed by atoms with van der Waals surface area (Å²) in [7, 11) is 0. The minimum absolute atomic E-state index is 0.0348. The SMILES string of the molecule is CC(C)(O)C(=O)N1CCC(Oc2cc3nc(-c4ccc(N5CCOCC5)cc4)c(I4C[I-]C4)cc3[nH]2)CC1. The van der Waals surface area contributed by atoms with Crippen molar-refractivity contribution >= 4 is 42.4 Å². The summed E-state index contributed by atoms with van der Waals surface area (Å²) in [6.45, 7) is 7.74. The Bertz CT molecular complexity index is 1290. The van der Waals surface area contributed by atoms with Gasteiger partial charge in [-0.3, -0.25) is 0 Å². The molecule has 1 aromatic carbocycles. The number of benzene rings is 1. The third kappa shape index (κ3) is 5.64. The van der Waals surface area contributed by atoms with Crippen molar-refractivity contribution in [1.29, 1.82) is 0 Å². The summed E-state index contributed by atoms with van der Waals surface area (Å²) in [5.74, 6) is 0.530. The fourth-order valence-electron chi connectivity index (χ4n) is 5.12. The standard InChI is InChI=1S/C28H35I2N4O4/c1-28(2,36)27(35)34-9-7-21(8-10-34)38-25-16-24-23(31-25)15-22(30-17-29-18-30)26(32-24)19-3-5-20(6-4-19)33-11-13-37-14-12-33/h3-6,15-16,21,31,36H,7-14,17-18H2,1-2H3/q-1. The first-order chi connectivity index (χ1) is 18.3. The van der Waals surface area contributed by atoms with Crippen molar-refractivity contribution in [3.8, 4) is 17.1 Å². The number of hydrogen-bond acceptors (Lipinski definition) is 6. The zero-order valence-corrected chi connectivity index (χ0v) is 26.2. The number of ether oxygens (including phenoxy) is 2. The topological polar surface area (TPSA) is 90.9 Å². The van der Waals surface area contributed by atoms with Crippen LogP contribution in [0.1, 0.15) is 26.7 Å². The Labute approximate surface area is 241 Å². The van der Waals surface area contributed by atoms with E-state index in [4.69, 9.17) is 14.5 Å². The number of piperidine rings is 1. The number of aromatic amines is 1. The van der Waals surface area contributed by atoms with Crippen LogP contribution in [0, 0.1) is 3.57 Å². The van der Waals surface area contributed by atoms with Gasteiger partial charge in [0, 0.05) is 0 Å². The summed E-state index contributed by atoms with van der Waals surface area (Å²) in [5.41, 5.74) is 4.27. The van der Waals surface area contributed by atoms with Gasteiger partial charge in [-0.2, -0.15) is 0 Å². The average molecular weight is 745 g/mol. The number of hydrogen-bond donors (Lipinski definition) is 2. The van der Waals surface area contributed by atoms with Crippen molar-refractivity contribution in [3.05, 3.63) is 40.0 Å². The molecular weight excluding hydrogens is 710 g/mol. The molecule has 1 amide bonds. The summed E-state index contributed by atoms with van der Waals surface area (Å²) in [5, 5.41) is 10.0. The van der Waals surface area contributed by atoms with Gasteiger partial charge in [-0.25, -0.2) is 0 Å². The molecule has 3 aliphatic rings. The van der Waals surface area contributed by atoms with Gasteiger partial charge in [-0.05, 0) is 13.8 Å². The van der Waals surface area contributed by atoms with Gasteiger partial charge in [0.1, 0.15) is 0 Å². The first kappa shape index (κ1) is 26.6. The summed E-state index contributed by atoms with van der Waals surface area (Å²) in [6.07, 6.45) is 1.53. The Kier molecular flexibility index (Phi) is 7.75. The fourth-order valence-corrected chi connectivity index (χ4v) is 18.1. The number of nitrogens with zero attached hydrogens (tertiary/aromatic N) is 3. The van der Waals surface area contributed by atoms with Crippen LogP contribution in [-0.2, 0) is 9.53 Å². The van der Waals surface area contributed by atoms with Crippen LogP contribution < -0.4 is 30.8 Å². The van der Waals surface area contributed by atoms with Gasteiger partial charge in [-0.15, -0.1) is 0 Å². The predicted molar refractivity (Wildman–Crippen MR) is 154 cm³/mol. The number of fused-ring (bicyclic) bond motifs is 1. The quantitative estimate of drug-likeness (QED) is 0.288. The molecule has 0 aliphatic carbocycles. The third-order valence-corrected chi connectivity index (χ3v) is 26.8. The predicted octanol–water partition coefficient (Wildman–Crippen LogP) is 0.901. The number of halogens is 2. The summed E-state index contributed by atoms with van der Waals surface area (Å²) < 4.78 is 16.3. The Morgan fingerprint density at radius 3 is 2.47 bits per heavy atom. The molecule has 3 fully saturated rings. The normalized spacial score (nSPS) is 20.2. The monoisotopic (exact) mass is 745 g/mol. The summed E-state index contributed by atoms with van der Waals surface area (Å²) >= 11 is -0.725. The van der Waals surface area contributed by atoms with Crippen molar-refractivity contribution in [1.82, 2.24) is 14.9 Å². The van der Waals surface area contributed by atoms with Gasteiger partial charge in [0.15, 0.2) is 0 Å². The van der Waals surface area contributed by atoms with E-state index in [9.17, 15) is 9.90 Å². The van der Waals surface area contributed by atoms with E-state index in [1.807, 2.05) is 6.07 Å². The molecule has 0 radical (unpaired) electrons. The van der Waals surface area contributed by atoms with Gasteiger partial charge in [0.25, 0.3) is 0 Å². The van der Waals surface area contributed by atoms with E-state index in [0.29, 0.717) is 34.3 Å². The molecule has 0 atom stereocenters. The maximum atomic E-state index is 12.4. The van der Waals surface area contributed by atoms with Crippen LogP contribution in [0.5, 0.6) is 5.88 Å². The van der Waals surface area contributed by atoms with E-state index in [0.717, 1.165) is 61.8 Å². The number of carbonyl (C=O) groups is 1. The van der Waals surface area contributed by atoms with Crippen LogP contribution in [0.4, 0.5) is 5.69 Å². The van der Waals surface area contributed by atoms with Gasteiger partial charge in [0.05, 0.1) is 0 Å². The number of likely N-dealkylation sites (tertiary alicyclic amines) is 1. The first-order valence-corrected chi connectivity index (χ1v) is 20.3. The van der Waals surface area contributed by atoms with E-state index in [-0.39, 0.29) is 12.0 Å². The van der Waals surface area contributed by atoms with E-state index in [1.54, 1.807) is 18.7 Å². The number of pyridine rings is 1. The first-order valence-electron chi connectivity index (χ1n) is 13.2. The Morgan fingerprint density at radius 2 is 1.84 bits per heavy atom. The molecule has 6 rings (SSSR count). The maximum absolute atomic E-state index is 12.4. The number of morpholine rings is 1. The van der Waals surface area contributed by atoms with Gasteiger partial charge in [-0.1, -0.05) is 0 Å². The van der Waals surface area contributed by atoms with Crippen molar-refractivity contribution in [2.75, 3.05) is 49.2 Å². The van der Waals surface area contributed by atoms with Crippen molar-refractivity contribution < 1.29 is 40.6 Å². The summed E-state index contributed by atoms with van der Waals surface area (Å²) in [4.78, 5) is 25.2. The zero-order chi connectivity index (χ0) is 26.3. The molecule has 0 bridgehead atoms. The third-order valence-electron chi connectivity index (χ3n) is 7.27. The number of anilines is 1. The molecule has 0 spiro atoms. The number of amides is 1. The number of H-pyrrole nitrogens is 1. The molecule has 0 saturated carbocycles. The molecule has 8 nitrogen and oxygen atoms in total. The van der Waals surface area contributed by atoms with Gasteiger partial charge in [0.2, 0.25) is 0 Å². The number of alkyl halides is 4. The molecule has 10 heteroatoms. The second kappa shape index (κ2) is 11.1. The molecule has 2 aromatic heterocycles. The average Bonchev–Trinajstić information content (AvgIpc) is 3.28. The molecule has 5 heterocycles. The fraction of sp³-hybridized carbons (Fsp3) is 0.500. The Hall–Kier alpha value is -1.64. The molecule has 38 heavy (non-hydrogen) atoms. The van der Waals surface area contributed by atoms with E-state index in [1.165, 1.54) is 19.7 Å². The summed E-state index contributed by atoms with van der Waals surface area (Å²) in [6, 6.07) is 13.3. The van der Waals surface area contributed by atoms with Crippen LogP contribution in [0.3, 0.4) is 0 Å².